The van der Waals surface area contributed by atoms with Gasteiger partial charge in [-0.2, -0.15) is 0 Å². The fourth-order valence-electron chi connectivity index (χ4n) is 2.83. The standard InChI is InChI=1S/C17H25ClN2O2/c1-22-11-3-9-19-17(21)15-4-2-10-20(13-15)12-14-5-7-16(18)8-6-14/h5-8,15H,2-4,9-13H2,1H3,(H,19,21)/t15-/m0/s1. The summed E-state index contributed by atoms with van der Waals surface area (Å²) in [6, 6.07) is 7.94. The number of nitrogens with zero attached hydrogens (tertiary/aromatic N) is 1. The van der Waals surface area contributed by atoms with Crippen LogP contribution in [0.3, 0.4) is 0 Å². The first-order valence-electron chi connectivity index (χ1n) is 7.92. The Bertz CT molecular complexity index is 464. The van der Waals surface area contributed by atoms with Gasteiger partial charge in [0, 0.05) is 38.4 Å². The minimum Gasteiger partial charge on any atom is -0.385 e. The van der Waals surface area contributed by atoms with Crippen molar-refractivity contribution in [2.24, 2.45) is 5.92 Å². The molecule has 1 heterocycles. The lowest BCUT2D eigenvalue weighted by atomic mass is 9.96. The Morgan fingerprint density at radius 3 is 2.91 bits per heavy atom. The molecule has 1 saturated heterocycles. The molecule has 1 fully saturated rings. The van der Waals surface area contributed by atoms with Gasteiger partial charge in [-0.1, -0.05) is 23.7 Å². The summed E-state index contributed by atoms with van der Waals surface area (Å²) in [7, 11) is 1.68. The largest absolute Gasteiger partial charge is 0.385 e. The maximum Gasteiger partial charge on any atom is 0.224 e. The van der Waals surface area contributed by atoms with E-state index in [-0.39, 0.29) is 11.8 Å². The second-order valence-electron chi connectivity index (χ2n) is 5.84. The van der Waals surface area contributed by atoms with E-state index in [1.54, 1.807) is 7.11 Å². The molecule has 0 radical (unpaired) electrons. The van der Waals surface area contributed by atoms with Crippen molar-refractivity contribution in [1.29, 1.82) is 0 Å². The molecule has 0 spiro atoms. The van der Waals surface area contributed by atoms with Crippen molar-refractivity contribution in [2.75, 3.05) is 33.4 Å². The molecule has 0 aromatic heterocycles. The number of carbonyl (C=O) groups excluding carboxylic acids is 1. The van der Waals surface area contributed by atoms with Crippen LogP contribution in [0.25, 0.3) is 0 Å². The van der Waals surface area contributed by atoms with Gasteiger partial charge in [-0.15, -0.1) is 0 Å². The second kappa shape index (κ2) is 9.13. The lowest BCUT2D eigenvalue weighted by Crippen LogP contribution is -2.43. The average Bonchev–Trinajstić information content (AvgIpc) is 2.54. The maximum atomic E-state index is 12.2. The van der Waals surface area contributed by atoms with E-state index in [1.807, 2.05) is 12.1 Å². The summed E-state index contributed by atoms with van der Waals surface area (Å²) < 4.78 is 4.99. The van der Waals surface area contributed by atoms with E-state index in [1.165, 1.54) is 5.56 Å². The van der Waals surface area contributed by atoms with E-state index in [0.29, 0.717) is 13.2 Å². The van der Waals surface area contributed by atoms with Gasteiger partial charge in [0.15, 0.2) is 0 Å². The molecular weight excluding hydrogens is 300 g/mol. The highest BCUT2D eigenvalue weighted by Crippen LogP contribution is 2.19. The maximum absolute atomic E-state index is 12.2. The van der Waals surface area contributed by atoms with Gasteiger partial charge in [-0.3, -0.25) is 9.69 Å². The number of benzene rings is 1. The molecule has 1 aromatic rings. The smallest absolute Gasteiger partial charge is 0.224 e. The van der Waals surface area contributed by atoms with Crippen LogP contribution >= 0.6 is 11.6 Å². The average molecular weight is 325 g/mol. The van der Waals surface area contributed by atoms with Crippen molar-refractivity contribution in [2.45, 2.75) is 25.8 Å². The van der Waals surface area contributed by atoms with Crippen molar-refractivity contribution in [3.63, 3.8) is 0 Å². The Balaban J connectivity index is 1.78. The zero-order valence-electron chi connectivity index (χ0n) is 13.2. The molecule has 1 amide bonds. The van der Waals surface area contributed by atoms with Crippen LogP contribution in [-0.2, 0) is 16.1 Å². The van der Waals surface area contributed by atoms with E-state index < -0.39 is 0 Å². The third-order valence-electron chi connectivity index (χ3n) is 4.02. The van der Waals surface area contributed by atoms with Crippen molar-refractivity contribution in [3.05, 3.63) is 34.9 Å². The quantitative estimate of drug-likeness (QED) is 0.784. The summed E-state index contributed by atoms with van der Waals surface area (Å²) in [4.78, 5) is 14.6. The number of carbonyl (C=O) groups is 1. The fraction of sp³-hybridized carbons (Fsp3) is 0.588. The molecule has 2 rings (SSSR count). The van der Waals surface area contributed by atoms with Crippen LogP contribution < -0.4 is 5.32 Å². The van der Waals surface area contributed by atoms with Crippen molar-refractivity contribution < 1.29 is 9.53 Å². The van der Waals surface area contributed by atoms with Gasteiger partial charge in [0.05, 0.1) is 5.92 Å². The Hall–Kier alpha value is -1.10. The van der Waals surface area contributed by atoms with Gasteiger partial charge in [0.2, 0.25) is 5.91 Å². The Morgan fingerprint density at radius 2 is 2.18 bits per heavy atom. The first-order chi connectivity index (χ1) is 10.7. The van der Waals surface area contributed by atoms with Crippen molar-refractivity contribution in [3.8, 4) is 0 Å². The zero-order valence-corrected chi connectivity index (χ0v) is 13.9. The van der Waals surface area contributed by atoms with Gasteiger partial charge in [0.25, 0.3) is 0 Å². The number of hydrogen-bond acceptors (Lipinski definition) is 3. The predicted octanol–water partition coefficient (Wildman–Crippen LogP) is 2.70. The highest BCUT2D eigenvalue weighted by atomic mass is 35.5. The minimum absolute atomic E-state index is 0.101. The Morgan fingerprint density at radius 1 is 1.41 bits per heavy atom. The van der Waals surface area contributed by atoms with Gasteiger partial charge in [-0.25, -0.2) is 0 Å². The first kappa shape index (κ1) is 17.3. The summed E-state index contributed by atoms with van der Waals surface area (Å²) in [6.45, 7) is 4.15. The van der Waals surface area contributed by atoms with Crippen molar-refractivity contribution in [1.82, 2.24) is 10.2 Å². The number of hydrogen-bond donors (Lipinski definition) is 1. The lowest BCUT2D eigenvalue weighted by molar-refractivity contribution is -0.126. The monoisotopic (exact) mass is 324 g/mol. The molecular formula is C17H25ClN2O2. The summed E-state index contributed by atoms with van der Waals surface area (Å²) in [6.07, 6.45) is 2.92. The van der Waals surface area contributed by atoms with Crippen LogP contribution in [0.15, 0.2) is 24.3 Å². The van der Waals surface area contributed by atoms with Crippen LogP contribution in [-0.4, -0.2) is 44.2 Å². The highest BCUT2D eigenvalue weighted by molar-refractivity contribution is 6.30. The molecule has 0 aliphatic carbocycles. The van der Waals surface area contributed by atoms with E-state index in [4.69, 9.17) is 16.3 Å². The summed E-state index contributed by atoms with van der Waals surface area (Å²) in [5, 5.41) is 3.78. The number of rotatable bonds is 7. The molecule has 22 heavy (non-hydrogen) atoms. The molecule has 0 saturated carbocycles. The van der Waals surface area contributed by atoms with Crippen LogP contribution in [0.1, 0.15) is 24.8 Å². The van der Waals surface area contributed by atoms with Crippen LogP contribution in [0.2, 0.25) is 5.02 Å². The van der Waals surface area contributed by atoms with E-state index in [2.05, 4.69) is 22.3 Å². The molecule has 1 aliphatic heterocycles. The summed E-state index contributed by atoms with van der Waals surface area (Å²) in [5.74, 6) is 0.278. The number of methoxy groups -OCH3 is 1. The molecule has 5 heteroatoms. The second-order valence-corrected chi connectivity index (χ2v) is 6.27. The van der Waals surface area contributed by atoms with E-state index >= 15 is 0 Å². The molecule has 1 aromatic carbocycles. The van der Waals surface area contributed by atoms with E-state index in [9.17, 15) is 4.79 Å². The van der Waals surface area contributed by atoms with E-state index in [0.717, 1.165) is 43.9 Å². The van der Waals surface area contributed by atoms with Crippen LogP contribution in [0.5, 0.6) is 0 Å². The summed E-state index contributed by atoms with van der Waals surface area (Å²) >= 11 is 5.91. The molecule has 1 N–H and O–H groups in total. The number of nitrogens with one attached hydrogen (secondary N) is 1. The topological polar surface area (TPSA) is 41.6 Å². The molecule has 4 nitrogen and oxygen atoms in total. The minimum atomic E-state index is 0.101. The normalized spacial score (nSPS) is 19.1. The van der Waals surface area contributed by atoms with Crippen LogP contribution in [0.4, 0.5) is 0 Å². The highest BCUT2D eigenvalue weighted by Gasteiger charge is 2.25. The molecule has 1 atom stereocenters. The number of piperidine rings is 1. The van der Waals surface area contributed by atoms with Gasteiger partial charge in [0.1, 0.15) is 0 Å². The van der Waals surface area contributed by atoms with Gasteiger partial charge < -0.3 is 10.1 Å². The Kier molecular flexibility index (Phi) is 7.16. The first-order valence-corrected chi connectivity index (χ1v) is 8.30. The Labute approximate surface area is 137 Å². The number of likely N-dealkylation sites (tertiary alicyclic amines) is 1. The lowest BCUT2D eigenvalue weighted by Gasteiger charge is -2.32. The van der Waals surface area contributed by atoms with Crippen LogP contribution in [0, 0.1) is 5.92 Å². The zero-order chi connectivity index (χ0) is 15.8. The summed E-state index contributed by atoms with van der Waals surface area (Å²) in [5.41, 5.74) is 1.24. The SMILES string of the molecule is COCCCNC(=O)[C@H]1CCCN(Cc2ccc(Cl)cc2)C1. The molecule has 122 valence electrons. The number of amides is 1. The van der Waals surface area contributed by atoms with Gasteiger partial charge >= 0.3 is 0 Å². The third-order valence-corrected chi connectivity index (χ3v) is 4.27. The molecule has 0 bridgehead atoms. The predicted molar refractivity (Wildman–Crippen MR) is 89.0 cm³/mol. The van der Waals surface area contributed by atoms with Gasteiger partial charge in [-0.05, 0) is 43.5 Å². The number of ether oxygens (including phenoxy) is 1. The molecule has 1 aliphatic rings. The van der Waals surface area contributed by atoms with Crippen molar-refractivity contribution >= 4 is 17.5 Å². The number of halogens is 1. The third kappa shape index (κ3) is 5.59. The molecule has 0 unspecified atom stereocenters. The fourth-order valence-corrected chi connectivity index (χ4v) is 2.96.